The highest BCUT2D eigenvalue weighted by Crippen LogP contribution is 2.21. The van der Waals surface area contributed by atoms with Crippen LogP contribution in [0, 0.1) is 0 Å². The van der Waals surface area contributed by atoms with Crippen molar-refractivity contribution >= 4 is 17.2 Å². The fraction of sp³-hybridized carbons (Fsp3) is 0.667. The number of carbonyl (C=O) groups excluding carboxylic acids is 1. The Labute approximate surface area is 124 Å². The van der Waals surface area contributed by atoms with Crippen molar-refractivity contribution in [2.75, 3.05) is 20.3 Å². The SMILES string of the molecule is COC(C)(C)C(=O)N(Cc1cccs1)CC1CCCO1. The first kappa shape index (κ1) is 15.5. The van der Waals surface area contributed by atoms with Crippen LogP contribution in [0.4, 0.5) is 0 Å². The van der Waals surface area contributed by atoms with Crippen LogP contribution in [-0.2, 0) is 20.8 Å². The Morgan fingerprint density at radius 1 is 1.60 bits per heavy atom. The summed E-state index contributed by atoms with van der Waals surface area (Å²) < 4.78 is 11.0. The van der Waals surface area contributed by atoms with E-state index in [0.717, 1.165) is 19.4 Å². The van der Waals surface area contributed by atoms with Crippen LogP contribution in [0.1, 0.15) is 31.6 Å². The van der Waals surface area contributed by atoms with E-state index < -0.39 is 5.60 Å². The molecule has 20 heavy (non-hydrogen) atoms. The summed E-state index contributed by atoms with van der Waals surface area (Å²) in [5, 5.41) is 2.03. The summed E-state index contributed by atoms with van der Waals surface area (Å²) in [6.07, 6.45) is 2.27. The first-order valence-electron chi connectivity index (χ1n) is 7.01. The van der Waals surface area contributed by atoms with Gasteiger partial charge in [0, 0.05) is 25.1 Å². The van der Waals surface area contributed by atoms with Gasteiger partial charge in [0.25, 0.3) is 5.91 Å². The zero-order chi connectivity index (χ0) is 14.6. The molecule has 112 valence electrons. The van der Waals surface area contributed by atoms with Crippen LogP contribution in [0.5, 0.6) is 0 Å². The quantitative estimate of drug-likeness (QED) is 0.810. The molecule has 0 aliphatic carbocycles. The van der Waals surface area contributed by atoms with Gasteiger partial charge in [-0.05, 0) is 38.1 Å². The normalized spacial score (nSPS) is 19.2. The maximum atomic E-state index is 12.7. The van der Waals surface area contributed by atoms with Gasteiger partial charge in [0.05, 0.1) is 12.6 Å². The summed E-state index contributed by atoms with van der Waals surface area (Å²) in [5.41, 5.74) is -0.796. The van der Waals surface area contributed by atoms with Crippen LogP contribution >= 0.6 is 11.3 Å². The van der Waals surface area contributed by atoms with E-state index in [9.17, 15) is 4.79 Å². The van der Waals surface area contributed by atoms with Crippen LogP contribution in [0.25, 0.3) is 0 Å². The molecule has 0 N–H and O–H groups in total. The van der Waals surface area contributed by atoms with Gasteiger partial charge in [0.2, 0.25) is 0 Å². The topological polar surface area (TPSA) is 38.8 Å². The Morgan fingerprint density at radius 2 is 2.40 bits per heavy atom. The lowest BCUT2D eigenvalue weighted by atomic mass is 10.1. The Kier molecular flexibility index (Phi) is 5.18. The lowest BCUT2D eigenvalue weighted by molar-refractivity contribution is -0.153. The van der Waals surface area contributed by atoms with Crippen molar-refractivity contribution in [3.8, 4) is 0 Å². The zero-order valence-corrected chi connectivity index (χ0v) is 13.2. The summed E-state index contributed by atoms with van der Waals surface area (Å²) in [6.45, 7) is 5.70. The summed E-state index contributed by atoms with van der Waals surface area (Å²) in [7, 11) is 1.58. The average molecular weight is 297 g/mol. The molecule has 4 nitrogen and oxygen atoms in total. The molecule has 0 spiro atoms. The number of carbonyl (C=O) groups is 1. The number of methoxy groups -OCH3 is 1. The standard InChI is InChI=1S/C15H23NO3S/c1-15(2,18-3)14(17)16(10-12-6-4-8-19-12)11-13-7-5-9-20-13/h5,7,9,12H,4,6,8,10-11H2,1-3H3. The van der Waals surface area contributed by atoms with E-state index in [1.165, 1.54) is 4.88 Å². The van der Waals surface area contributed by atoms with Gasteiger partial charge in [-0.3, -0.25) is 4.79 Å². The predicted molar refractivity (Wildman–Crippen MR) is 79.8 cm³/mol. The lowest BCUT2D eigenvalue weighted by Crippen LogP contribution is -2.48. The van der Waals surface area contributed by atoms with Crippen LogP contribution in [0.2, 0.25) is 0 Å². The molecule has 0 aromatic carbocycles. The highest BCUT2D eigenvalue weighted by atomic mass is 32.1. The molecular weight excluding hydrogens is 274 g/mol. The third kappa shape index (κ3) is 3.81. The molecule has 1 unspecified atom stereocenters. The fourth-order valence-electron chi connectivity index (χ4n) is 2.31. The van der Waals surface area contributed by atoms with Crippen molar-refractivity contribution in [1.82, 2.24) is 4.90 Å². The van der Waals surface area contributed by atoms with Crippen molar-refractivity contribution in [1.29, 1.82) is 0 Å². The van der Waals surface area contributed by atoms with Gasteiger partial charge in [-0.2, -0.15) is 0 Å². The molecule has 1 aromatic heterocycles. The van der Waals surface area contributed by atoms with Crippen LogP contribution in [0.3, 0.4) is 0 Å². The summed E-state index contributed by atoms with van der Waals surface area (Å²) in [4.78, 5) is 15.7. The first-order chi connectivity index (χ1) is 9.53. The summed E-state index contributed by atoms with van der Waals surface area (Å²) >= 11 is 1.67. The van der Waals surface area contributed by atoms with Crippen molar-refractivity contribution in [2.45, 2.75) is 44.9 Å². The van der Waals surface area contributed by atoms with E-state index >= 15 is 0 Å². The largest absolute Gasteiger partial charge is 0.376 e. The second-order valence-corrected chi connectivity index (χ2v) is 6.65. The van der Waals surface area contributed by atoms with Crippen LogP contribution < -0.4 is 0 Å². The molecule has 0 bridgehead atoms. The molecule has 0 saturated carbocycles. The number of thiophene rings is 1. The second-order valence-electron chi connectivity index (χ2n) is 5.61. The van der Waals surface area contributed by atoms with Crippen molar-refractivity contribution in [2.24, 2.45) is 0 Å². The van der Waals surface area contributed by atoms with Gasteiger partial charge in [-0.1, -0.05) is 6.07 Å². The zero-order valence-electron chi connectivity index (χ0n) is 12.4. The maximum absolute atomic E-state index is 12.7. The third-order valence-corrected chi connectivity index (χ3v) is 4.55. The van der Waals surface area contributed by atoms with Gasteiger partial charge in [-0.15, -0.1) is 11.3 Å². The molecule has 5 heteroatoms. The molecule has 1 aliphatic heterocycles. The van der Waals surface area contributed by atoms with E-state index in [-0.39, 0.29) is 12.0 Å². The Hall–Kier alpha value is -0.910. The van der Waals surface area contributed by atoms with Gasteiger partial charge < -0.3 is 14.4 Å². The molecule has 2 rings (SSSR count). The Bertz CT molecular complexity index is 424. The van der Waals surface area contributed by atoms with E-state index in [1.807, 2.05) is 30.2 Å². The Balaban J connectivity index is 2.08. The smallest absolute Gasteiger partial charge is 0.254 e. The molecule has 1 saturated heterocycles. The monoisotopic (exact) mass is 297 g/mol. The summed E-state index contributed by atoms with van der Waals surface area (Å²) in [6, 6.07) is 4.07. The highest BCUT2D eigenvalue weighted by Gasteiger charge is 2.33. The predicted octanol–water partition coefficient (Wildman–Crippen LogP) is 2.68. The molecule has 1 fully saturated rings. The minimum absolute atomic E-state index is 0.0175. The van der Waals surface area contributed by atoms with E-state index in [4.69, 9.17) is 9.47 Å². The highest BCUT2D eigenvalue weighted by molar-refractivity contribution is 7.09. The molecule has 1 aliphatic rings. The number of ether oxygens (including phenoxy) is 2. The van der Waals surface area contributed by atoms with Crippen LogP contribution in [-0.4, -0.2) is 42.8 Å². The maximum Gasteiger partial charge on any atom is 0.254 e. The minimum Gasteiger partial charge on any atom is -0.376 e. The molecule has 0 radical (unpaired) electrons. The number of rotatable bonds is 6. The van der Waals surface area contributed by atoms with Crippen molar-refractivity contribution in [3.05, 3.63) is 22.4 Å². The molecule has 1 aromatic rings. The molecule has 1 amide bonds. The van der Waals surface area contributed by atoms with Crippen molar-refractivity contribution in [3.63, 3.8) is 0 Å². The number of hydrogen-bond acceptors (Lipinski definition) is 4. The first-order valence-corrected chi connectivity index (χ1v) is 7.89. The molecular formula is C15H23NO3S. The van der Waals surface area contributed by atoms with E-state index in [1.54, 1.807) is 18.4 Å². The Morgan fingerprint density at radius 3 is 2.95 bits per heavy atom. The van der Waals surface area contributed by atoms with Crippen LogP contribution in [0.15, 0.2) is 17.5 Å². The van der Waals surface area contributed by atoms with Gasteiger partial charge >= 0.3 is 0 Å². The molecule has 1 atom stereocenters. The fourth-order valence-corrected chi connectivity index (χ4v) is 3.03. The van der Waals surface area contributed by atoms with Gasteiger partial charge in [0.1, 0.15) is 5.60 Å². The van der Waals surface area contributed by atoms with E-state index in [2.05, 4.69) is 6.07 Å². The minimum atomic E-state index is -0.796. The molecule has 2 heterocycles. The average Bonchev–Trinajstić information content (AvgIpc) is 3.10. The lowest BCUT2D eigenvalue weighted by Gasteiger charge is -2.32. The third-order valence-electron chi connectivity index (χ3n) is 3.69. The van der Waals surface area contributed by atoms with E-state index in [0.29, 0.717) is 13.1 Å². The number of amides is 1. The summed E-state index contributed by atoms with van der Waals surface area (Å²) in [5.74, 6) is 0.0175. The number of nitrogens with zero attached hydrogens (tertiary/aromatic N) is 1. The van der Waals surface area contributed by atoms with Gasteiger partial charge in [-0.25, -0.2) is 0 Å². The number of hydrogen-bond donors (Lipinski definition) is 0. The van der Waals surface area contributed by atoms with Crippen molar-refractivity contribution < 1.29 is 14.3 Å². The second kappa shape index (κ2) is 6.70. The van der Waals surface area contributed by atoms with Gasteiger partial charge in [0.15, 0.2) is 0 Å².